The highest BCUT2D eigenvalue weighted by atomic mass is 32.1. The lowest BCUT2D eigenvalue weighted by Gasteiger charge is -2.12. The topological polar surface area (TPSA) is 140 Å². The zero-order chi connectivity index (χ0) is 22.4. The molecule has 0 unspecified atom stereocenters. The molecule has 1 aromatic carbocycles. The summed E-state index contributed by atoms with van der Waals surface area (Å²) in [6, 6.07) is 5.64. The number of hydrogen-bond acceptors (Lipinski definition) is 8. The Balaban J connectivity index is 1.69. The number of nitrogens with zero attached hydrogens (tertiary/aromatic N) is 2. The van der Waals surface area contributed by atoms with Gasteiger partial charge in [-0.25, -0.2) is 10.2 Å². The molecule has 11 heteroatoms. The molecule has 1 aliphatic carbocycles. The number of carbonyl (C=O) groups excluding carboxylic acids is 3. The number of carbonyl (C=O) groups is 3. The van der Waals surface area contributed by atoms with E-state index in [1.54, 1.807) is 13.0 Å². The second-order valence-electron chi connectivity index (χ2n) is 6.64. The Hall–Kier alpha value is -3.60. The number of amides is 2. The zero-order valence-electron chi connectivity index (χ0n) is 16.7. The maximum atomic E-state index is 12.4. The monoisotopic (exact) mass is 444 g/mol. The highest BCUT2D eigenvalue weighted by Gasteiger charge is 2.28. The van der Waals surface area contributed by atoms with E-state index in [9.17, 15) is 24.5 Å². The van der Waals surface area contributed by atoms with E-state index in [1.807, 2.05) is 0 Å². The first-order valence-electron chi connectivity index (χ1n) is 9.61. The van der Waals surface area contributed by atoms with Gasteiger partial charge in [-0.2, -0.15) is 5.10 Å². The van der Waals surface area contributed by atoms with Crippen molar-refractivity contribution < 1.29 is 24.0 Å². The van der Waals surface area contributed by atoms with Gasteiger partial charge >= 0.3 is 17.8 Å². The van der Waals surface area contributed by atoms with E-state index in [0.717, 1.165) is 36.1 Å². The van der Waals surface area contributed by atoms with E-state index in [4.69, 9.17) is 4.74 Å². The number of thiophene rings is 1. The molecule has 1 heterocycles. The summed E-state index contributed by atoms with van der Waals surface area (Å²) in [5.74, 6) is -2.55. The quantitative estimate of drug-likeness (QED) is 0.231. The highest BCUT2D eigenvalue weighted by molar-refractivity contribution is 7.17. The van der Waals surface area contributed by atoms with Gasteiger partial charge in [0.05, 0.1) is 23.3 Å². The molecule has 0 radical (unpaired) electrons. The number of non-ortho nitro benzene ring substituents is 1. The molecule has 162 valence electrons. The molecule has 0 saturated heterocycles. The molecule has 10 nitrogen and oxygen atoms in total. The SMILES string of the molecule is CCOC(=O)c1c(NC(=O)C(=O)N/N=C/c2cccc([N+](=O)[O-])c2)sc2c1CCCC2. The molecule has 0 bridgehead atoms. The number of hydrogen-bond donors (Lipinski definition) is 2. The molecule has 3 rings (SSSR count). The van der Waals surface area contributed by atoms with Crippen molar-refractivity contribution in [1.82, 2.24) is 5.43 Å². The van der Waals surface area contributed by atoms with Crippen LogP contribution < -0.4 is 10.7 Å². The van der Waals surface area contributed by atoms with E-state index in [2.05, 4.69) is 15.8 Å². The Morgan fingerprint density at radius 2 is 2.03 bits per heavy atom. The van der Waals surface area contributed by atoms with Gasteiger partial charge < -0.3 is 10.1 Å². The summed E-state index contributed by atoms with van der Waals surface area (Å²) in [6.45, 7) is 1.89. The smallest absolute Gasteiger partial charge is 0.341 e. The first-order valence-corrected chi connectivity index (χ1v) is 10.4. The summed E-state index contributed by atoms with van der Waals surface area (Å²) >= 11 is 1.27. The summed E-state index contributed by atoms with van der Waals surface area (Å²) in [7, 11) is 0. The standard InChI is InChI=1S/C20H20N4O6S/c1-2-30-20(27)16-14-8-3-4-9-15(14)31-19(16)22-17(25)18(26)23-21-11-12-6-5-7-13(10-12)24(28)29/h5-7,10-11H,2-4,8-9H2,1H3,(H,22,25)(H,23,26)/b21-11+. The van der Waals surface area contributed by atoms with Gasteiger partial charge in [-0.3, -0.25) is 19.7 Å². The third-order valence-corrected chi connectivity index (χ3v) is 5.75. The number of rotatable bonds is 6. The van der Waals surface area contributed by atoms with Crippen LogP contribution in [-0.4, -0.2) is 35.5 Å². The average Bonchev–Trinajstić information content (AvgIpc) is 3.11. The van der Waals surface area contributed by atoms with Gasteiger partial charge in [0.1, 0.15) is 5.00 Å². The molecule has 0 spiro atoms. The molecule has 2 amide bonds. The third kappa shape index (κ3) is 5.31. The normalized spacial score (nSPS) is 12.8. The van der Waals surface area contributed by atoms with E-state index in [1.165, 1.54) is 35.8 Å². The van der Waals surface area contributed by atoms with Crippen molar-refractivity contribution >= 4 is 46.0 Å². The number of fused-ring (bicyclic) bond motifs is 1. The summed E-state index contributed by atoms with van der Waals surface area (Å²) in [5, 5.41) is 17.2. The molecule has 1 aromatic heterocycles. The summed E-state index contributed by atoms with van der Waals surface area (Å²) in [5.41, 5.74) is 3.51. The van der Waals surface area contributed by atoms with Crippen LogP contribution in [0.4, 0.5) is 10.7 Å². The third-order valence-electron chi connectivity index (χ3n) is 4.54. The number of aryl methyl sites for hydroxylation is 1. The fourth-order valence-corrected chi connectivity index (χ4v) is 4.44. The molecule has 31 heavy (non-hydrogen) atoms. The molecule has 0 aliphatic heterocycles. The summed E-state index contributed by atoms with van der Waals surface area (Å²) in [4.78, 5) is 48.1. The fourth-order valence-electron chi connectivity index (χ4n) is 3.17. The number of nitrogens with one attached hydrogen (secondary N) is 2. The maximum Gasteiger partial charge on any atom is 0.341 e. The predicted octanol–water partition coefficient (Wildman–Crippen LogP) is 2.80. The highest BCUT2D eigenvalue weighted by Crippen LogP contribution is 2.38. The second-order valence-corrected chi connectivity index (χ2v) is 7.75. The Morgan fingerprint density at radius 1 is 1.26 bits per heavy atom. The number of ether oxygens (including phenoxy) is 1. The van der Waals surface area contributed by atoms with Crippen LogP contribution in [0.2, 0.25) is 0 Å². The van der Waals surface area contributed by atoms with Crippen molar-refractivity contribution in [3.8, 4) is 0 Å². The Kier molecular flexibility index (Phi) is 7.08. The molecule has 2 aromatic rings. The minimum atomic E-state index is -1.04. The molecule has 0 saturated carbocycles. The van der Waals surface area contributed by atoms with Crippen molar-refractivity contribution in [2.45, 2.75) is 32.6 Å². The first kappa shape index (κ1) is 22.1. The molecule has 0 atom stereocenters. The number of anilines is 1. The van der Waals surface area contributed by atoms with Crippen LogP contribution in [-0.2, 0) is 27.2 Å². The van der Waals surface area contributed by atoms with Crippen LogP contribution in [0.5, 0.6) is 0 Å². The van der Waals surface area contributed by atoms with Crippen LogP contribution in [0, 0.1) is 10.1 Å². The Labute approximate surface area is 181 Å². The Bertz CT molecular complexity index is 1060. The van der Waals surface area contributed by atoms with Crippen molar-refractivity contribution in [1.29, 1.82) is 0 Å². The molecule has 0 fully saturated rings. The fraction of sp³-hybridized carbons (Fsp3) is 0.300. The number of nitro benzene ring substituents is 1. The van der Waals surface area contributed by atoms with Gasteiger partial charge in [-0.15, -0.1) is 11.3 Å². The second kappa shape index (κ2) is 9.94. The van der Waals surface area contributed by atoms with E-state index < -0.39 is 22.7 Å². The van der Waals surface area contributed by atoms with Crippen molar-refractivity contribution in [2.75, 3.05) is 11.9 Å². The molecule has 1 aliphatic rings. The lowest BCUT2D eigenvalue weighted by atomic mass is 9.95. The van der Waals surface area contributed by atoms with Crippen molar-refractivity contribution in [3.63, 3.8) is 0 Å². The van der Waals surface area contributed by atoms with Crippen LogP contribution in [0.3, 0.4) is 0 Å². The van der Waals surface area contributed by atoms with Gasteiger partial charge in [0.2, 0.25) is 0 Å². The maximum absolute atomic E-state index is 12.4. The minimum Gasteiger partial charge on any atom is -0.462 e. The van der Waals surface area contributed by atoms with Gasteiger partial charge in [0.25, 0.3) is 5.69 Å². The van der Waals surface area contributed by atoms with Gasteiger partial charge in [-0.05, 0) is 38.2 Å². The predicted molar refractivity (Wildman–Crippen MR) is 114 cm³/mol. The van der Waals surface area contributed by atoms with E-state index in [0.29, 0.717) is 11.1 Å². The van der Waals surface area contributed by atoms with Gasteiger partial charge in [-0.1, -0.05) is 12.1 Å². The molecular formula is C20H20N4O6S. The van der Waals surface area contributed by atoms with Gasteiger partial charge in [0, 0.05) is 22.6 Å². The first-order chi connectivity index (χ1) is 14.9. The van der Waals surface area contributed by atoms with E-state index in [-0.39, 0.29) is 17.3 Å². The lowest BCUT2D eigenvalue weighted by molar-refractivity contribution is -0.384. The number of benzene rings is 1. The number of hydrazone groups is 1. The van der Waals surface area contributed by atoms with Crippen LogP contribution in [0.25, 0.3) is 0 Å². The van der Waals surface area contributed by atoms with Crippen LogP contribution >= 0.6 is 11.3 Å². The van der Waals surface area contributed by atoms with Crippen molar-refractivity contribution in [3.05, 3.63) is 55.9 Å². The summed E-state index contributed by atoms with van der Waals surface area (Å²) < 4.78 is 5.12. The zero-order valence-corrected chi connectivity index (χ0v) is 17.5. The number of nitro groups is 1. The molecular weight excluding hydrogens is 424 g/mol. The minimum absolute atomic E-state index is 0.124. The largest absolute Gasteiger partial charge is 0.462 e. The van der Waals surface area contributed by atoms with Gasteiger partial charge in [0.15, 0.2) is 0 Å². The van der Waals surface area contributed by atoms with E-state index >= 15 is 0 Å². The molecule has 2 N–H and O–H groups in total. The Morgan fingerprint density at radius 3 is 2.77 bits per heavy atom. The van der Waals surface area contributed by atoms with Crippen LogP contribution in [0.15, 0.2) is 29.4 Å². The summed E-state index contributed by atoms with van der Waals surface area (Å²) in [6.07, 6.45) is 4.65. The van der Waals surface area contributed by atoms with Crippen LogP contribution in [0.1, 0.15) is 46.1 Å². The average molecular weight is 444 g/mol. The number of esters is 1. The lowest BCUT2D eigenvalue weighted by Crippen LogP contribution is -2.32. The van der Waals surface area contributed by atoms with Crippen molar-refractivity contribution in [2.24, 2.45) is 5.10 Å².